The van der Waals surface area contributed by atoms with Crippen LogP contribution < -0.4 is 10.6 Å². The molecule has 218 valence electrons. The van der Waals surface area contributed by atoms with Gasteiger partial charge in [0.05, 0.1) is 5.56 Å². The Morgan fingerprint density at radius 2 is 1.64 bits per heavy atom. The summed E-state index contributed by atoms with van der Waals surface area (Å²) in [5, 5.41) is 10.8. The lowest BCUT2D eigenvalue weighted by molar-refractivity contribution is 0.0927. The molecule has 6 aromatic rings. The molecule has 9 heteroatoms. The number of fused-ring (bicyclic) bond motifs is 1. The third-order valence-corrected chi connectivity index (χ3v) is 7.98. The molecule has 0 radical (unpaired) electrons. The topological polar surface area (TPSA) is 110 Å². The van der Waals surface area contributed by atoms with Gasteiger partial charge in [0.25, 0.3) is 17.7 Å². The minimum Gasteiger partial charge on any atom is -0.461 e. The van der Waals surface area contributed by atoms with Gasteiger partial charge in [0, 0.05) is 22.2 Å². The van der Waals surface area contributed by atoms with Crippen LogP contribution in [0.2, 0.25) is 0 Å². The Hall–Kier alpha value is -5.57. The number of anilines is 1. The van der Waals surface area contributed by atoms with Gasteiger partial charge in [-0.25, -0.2) is 4.39 Å². The number of carbonyl (C=O) groups is 2. The third kappa shape index (κ3) is 5.02. The average Bonchev–Trinajstić information content (AvgIpc) is 3.47. The number of carbonyl (C=O) groups excluding carboxylic acids is 2. The van der Waals surface area contributed by atoms with Gasteiger partial charge in [-0.05, 0) is 104 Å². The number of benzene rings is 4. The van der Waals surface area contributed by atoms with Crippen LogP contribution in [0.1, 0.15) is 50.7 Å². The van der Waals surface area contributed by atoms with Gasteiger partial charge in [-0.1, -0.05) is 35.5 Å². The van der Waals surface area contributed by atoms with E-state index in [9.17, 15) is 14.0 Å². The molecule has 8 nitrogen and oxygen atoms in total. The molecule has 7 rings (SSSR count). The number of hydrogen-bond acceptors (Lipinski definition) is 6. The van der Waals surface area contributed by atoms with Gasteiger partial charge in [0.15, 0.2) is 5.82 Å². The maximum atomic E-state index is 13.5. The first-order valence-corrected chi connectivity index (χ1v) is 14.2. The van der Waals surface area contributed by atoms with Gasteiger partial charge in [-0.3, -0.25) is 9.59 Å². The number of amides is 2. The van der Waals surface area contributed by atoms with Crippen LogP contribution in [-0.2, 0) is 5.54 Å². The standard InChI is InChI=1S/C35H27FN4O4/c1-20-8-9-24(31(41)39-35(16-17-35)34-38-33(44-40-34)22-6-4-3-5-7-22)19-27(20)23-10-15-29-28(18-23)30(21(2)43-29)32(42)37-26-13-11-25(36)12-14-26/h3-15,18-19H,16-17H2,1-2H3,(H,37,42)(H,39,41). The lowest BCUT2D eigenvalue weighted by Gasteiger charge is -2.15. The van der Waals surface area contributed by atoms with E-state index in [0.717, 1.165) is 22.3 Å². The molecule has 1 aliphatic rings. The zero-order valence-electron chi connectivity index (χ0n) is 24.0. The minimum atomic E-state index is -0.668. The van der Waals surface area contributed by atoms with Crippen LogP contribution in [-0.4, -0.2) is 22.0 Å². The molecule has 1 fully saturated rings. The Kier molecular flexibility index (Phi) is 6.58. The number of furan rings is 1. The maximum absolute atomic E-state index is 13.5. The number of nitrogens with one attached hydrogen (secondary N) is 2. The van der Waals surface area contributed by atoms with E-state index in [1.54, 1.807) is 13.0 Å². The second kappa shape index (κ2) is 10.6. The molecule has 0 saturated heterocycles. The molecule has 1 saturated carbocycles. The number of halogens is 1. The predicted octanol–water partition coefficient (Wildman–Crippen LogP) is 7.58. The summed E-state index contributed by atoms with van der Waals surface area (Å²) in [6, 6.07) is 26.2. The first-order chi connectivity index (χ1) is 21.3. The van der Waals surface area contributed by atoms with E-state index in [1.165, 1.54) is 24.3 Å². The quantitative estimate of drug-likeness (QED) is 0.200. The number of nitrogens with zero attached hydrogens (tertiary/aromatic N) is 2. The van der Waals surface area contributed by atoms with E-state index in [2.05, 4.69) is 20.8 Å². The number of rotatable bonds is 7. The number of aryl methyl sites for hydroxylation is 2. The normalized spacial score (nSPS) is 13.5. The fourth-order valence-corrected chi connectivity index (χ4v) is 5.41. The van der Waals surface area contributed by atoms with Crippen LogP contribution in [0.25, 0.3) is 33.6 Å². The van der Waals surface area contributed by atoms with E-state index in [4.69, 9.17) is 8.94 Å². The van der Waals surface area contributed by atoms with Crippen LogP contribution in [0.4, 0.5) is 10.1 Å². The summed E-state index contributed by atoms with van der Waals surface area (Å²) in [5.41, 5.74) is 4.70. The summed E-state index contributed by atoms with van der Waals surface area (Å²) in [5.74, 6) is 0.353. The Labute approximate surface area is 251 Å². The summed E-state index contributed by atoms with van der Waals surface area (Å²) in [4.78, 5) is 31.3. The zero-order valence-corrected chi connectivity index (χ0v) is 24.0. The molecule has 1 aliphatic carbocycles. The lowest BCUT2D eigenvalue weighted by Crippen LogP contribution is -2.35. The van der Waals surface area contributed by atoms with Crippen molar-refractivity contribution in [2.24, 2.45) is 0 Å². The summed E-state index contributed by atoms with van der Waals surface area (Å²) < 4.78 is 24.7. The average molecular weight is 587 g/mol. The number of aromatic nitrogens is 2. The largest absolute Gasteiger partial charge is 0.461 e. The minimum absolute atomic E-state index is 0.241. The van der Waals surface area contributed by atoms with Crippen molar-refractivity contribution in [3.05, 3.63) is 125 Å². The van der Waals surface area contributed by atoms with Gasteiger partial charge in [0.1, 0.15) is 22.7 Å². The smallest absolute Gasteiger partial charge is 0.259 e. The Balaban J connectivity index is 1.16. The number of hydrogen-bond donors (Lipinski definition) is 2. The predicted molar refractivity (Wildman–Crippen MR) is 164 cm³/mol. The maximum Gasteiger partial charge on any atom is 0.259 e. The SMILES string of the molecule is Cc1ccc(C(=O)NC2(c3noc(-c4ccccc4)n3)CC2)cc1-c1ccc2oc(C)c(C(=O)Nc3ccc(F)cc3)c2c1. The van der Waals surface area contributed by atoms with E-state index in [0.29, 0.717) is 58.1 Å². The van der Waals surface area contributed by atoms with Gasteiger partial charge < -0.3 is 19.6 Å². The van der Waals surface area contributed by atoms with Crippen LogP contribution in [0.5, 0.6) is 0 Å². The van der Waals surface area contributed by atoms with Crippen molar-refractivity contribution < 1.29 is 22.9 Å². The van der Waals surface area contributed by atoms with Crippen molar-refractivity contribution in [2.75, 3.05) is 5.32 Å². The second-order valence-corrected chi connectivity index (χ2v) is 11.1. The molecule has 2 heterocycles. The lowest BCUT2D eigenvalue weighted by atomic mass is 9.96. The molecular formula is C35H27FN4O4. The highest BCUT2D eigenvalue weighted by Gasteiger charge is 2.50. The molecule has 0 unspecified atom stereocenters. The van der Waals surface area contributed by atoms with Crippen molar-refractivity contribution in [1.82, 2.24) is 15.5 Å². The summed E-state index contributed by atoms with van der Waals surface area (Å²) in [6.45, 7) is 3.70. The highest BCUT2D eigenvalue weighted by Crippen LogP contribution is 2.45. The summed E-state index contributed by atoms with van der Waals surface area (Å²) in [6.07, 6.45) is 1.43. The van der Waals surface area contributed by atoms with Crippen LogP contribution in [0, 0.1) is 19.7 Å². The van der Waals surface area contributed by atoms with Gasteiger partial charge in [0.2, 0.25) is 0 Å². The van der Waals surface area contributed by atoms with Crippen molar-refractivity contribution in [1.29, 1.82) is 0 Å². The van der Waals surface area contributed by atoms with Gasteiger partial charge in [-0.15, -0.1) is 0 Å². The molecule has 4 aromatic carbocycles. The van der Waals surface area contributed by atoms with E-state index in [-0.39, 0.29) is 17.6 Å². The monoisotopic (exact) mass is 586 g/mol. The Morgan fingerprint density at radius 3 is 2.39 bits per heavy atom. The van der Waals surface area contributed by atoms with Gasteiger partial charge in [-0.2, -0.15) is 4.98 Å². The molecule has 0 atom stereocenters. The molecular weight excluding hydrogens is 559 g/mol. The first kappa shape index (κ1) is 27.3. The first-order valence-electron chi connectivity index (χ1n) is 14.2. The Bertz CT molecular complexity index is 2040. The molecule has 0 spiro atoms. The van der Waals surface area contributed by atoms with Crippen molar-refractivity contribution in [2.45, 2.75) is 32.2 Å². The van der Waals surface area contributed by atoms with Crippen LogP contribution in [0.3, 0.4) is 0 Å². The molecule has 2 aromatic heterocycles. The molecule has 0 bridgehead atoms. The van der Waals surface area contributed by atoms with E-state index < -0.39 is 5.54 Å². The molecule has 0 aliphatic heterocycles. The van der Waals surface area contributed by atoms with Crippen LogP contribution >= 0.6 is 0 Å². The zero-order chi connectivity index (χ0) is 30.4. The molecule has 44 heavy (non-hydrogen) atoms. The van der Waals surface area contributed by atoms with Gasteiger partial charge >= 0.3 is 0 Å². The van der Waals surface area contributed by atoms with Crippen molar-refractivity contribution in [3.63, 3.8) is 0 Å². The second-order valence-electron chi connectivity index (χ2n) is 11.1. The third-order valence-electron chi connectivity index (χ3n) is 7.98. The van der Waals surface area contributed by atoms with E-state index in [1.807, 2.05) is 67.6 Å². The molecule has 2 N–H and O–H groups in total. The van der Waals surface area contributed by atoms with E-state index >= 15 is 0 Å². The fourth-order valence-electron chi connectivity index (χ4n) is 5.41. The highest BCUT2D eigenvalue weighted by atomic mass is 19.1. The fraction of sp³-hybridized carbons (Fsp3) is 0.143. The Morgan fingerprint density at radius 1 is 0.864 bits per heavy atom. The summed E-state index contributed by atoms with van der Waals surface area (Å²) in [7, 11) is 0. The summed E-state index contributed by atoms with van der Waals surface area (Å²) >= 11 is 0. The highest BCUT2D eigenvalue weighted by molar-refractivity contribution is 6.14. The van der Waals surface area contributed by atoms with Crippen LogP contribution in [0.15, 0.2) is 99.9 Å². The van der Waals surface area contributed by atoms with Crippen molar-refractivity contribution >= 4 is 28.5 Å². The molecule has 2 amide bonds. The van der Waals surface area contributed by atoms with Crippen molar-refractivity contribution in [3.8, 4) is 22.6 Å².